The van der Waals surface area contributed by atoms with Gasteiger partial charge in [-0.3, -0.25) is 4.90 Å². The molecule has 2 unspecified atom stereocenters. The van der Waals surface area contributed by atoms with Crippen molar-refractivity contribution in [3.05, 3.63) is 35.4 Å². The Kier molecular flexibility index (Phi) is 3.16. The molecule has 1 aliphatic carbocycles. The monoisotopic (exact) mass is 245 g/mol. The smallest absolute Gasteiger partial charge is 0.0951 e. The second-order valence-electron chi connectivity index (χ2n) is 5.99. The Morgan fingerprint density at radius 1 is 1.11 bits per heavy atom. The van der Waals surface area contributed by atoms with Gasteiger partial charge in [-0.25, -0.2) is 0 Å². The third-order valence-corrected chi connectivity index (χ3v) is 4.81. The molecule has 0 bridgehead atoms. The van der Waals surface area contributed by atoms with Gasteiger partial charge in [-0.2, -0.15) is 0 Å². The molecule has 2 aliphatic rings. The fourth-order valence-electron chi connectivity index (χ4n) is 3.92. The van der Waals surface area contributed by atoms with Crippen molar-refractivity contribution in [2.75, 3.05) is 0 Å². The van der Waals surface area contributed by atoms with Gasteiger partial charge < -0.3 is 5.11 Å². The van der Waals surface area contributed by atoms with Gasteiger partial charge in [-0.05, 0) is 44.2 Å². The SMILES string of the molecule is CC1CCCC(C)N1[C@@H]1Cc2ccccc2[C@@H]1O. The topological polar surface area (TPSA) is 23.5 Å². The molecular formula is C16H23NO. The minimum atomic E-state index is -0.302. The van der Waals surface area contributed by atoms with E-state index in [1.807, 2.05) is 6.07 Å². The first-order valence-electron chi connectivity index (χ1n) is 7.22. The summed E-state index contributed by atoms with van der Waals surface area (Å²) in [7, 11) is 0. The number of likely N-dealkylation sites (tertiary alicyclic amines) is 1. The lowest BCUT2D eigenvalue weighted by molar-refractivity contribution is -0.00749. The van der Waals surface area contributed by atoms with Crippen LogP contribution in [0.4, 0.5) is 0 Å². The molecule has 2 nitrogen and oxygen atoms in total. The fraction of sp³-hybridized carbons (Fsp3) is 0.625. The molecule has 2 heteroatoms. The summed E-state index contributed by atoms with van der Waals surface area (Å²) < 4.78 is 0. The maximum Gasteiger partial charge on any atom is 0.0951 e. The second-order valence-corrected chi connectivity index (χ2v) is 5.99. The summed E-state index contributed by atoms with van der Waals surface area (Å²) in [5.74, 6) is 0. The zero-order valence-electron chi connectivity index (χ0n) is 11.3. The summed E-state index contributed by atoms with van der Waals surface area (Å²) in [6, 6.07) is 9.85. The fourth-order valence-corrected chi connectivity index (χ4v) is 3.92. The normalized spacial score (nSPS) is 36.6. The van der Waals surface area contributed by atoms with E-state index >= 15 is 0 Å². The molecule has 0 spiro atoms. The summed E-state index contributed by atoms with van der Waals surface area (Å²) >= 11 is 0. The van der Waals surface area contributed by atoms with Crippen molar-refractivity contribution in [1.82, 2.24) is 4.90 Å². The molecule has 1 aromatic rings. The van der Waals surface area contributed by atoms with Crippen LogP contribution in [0.5, 0.6) is 0 Å². The highest BCUT2D eigenvalue weighted by atomic mass is 16.3. The molecule has 1 fully saturated rings. The van der Waals surface area contributed by atoms with E-state index in [0.29, 0.717) is 12.1 Å². The van der Waals surface area contributed by atoms with E-state index in [-0.39, 0.29) is 12.1 Å². The first-order valence-corrected chi connectivity index (χ1v) is 7.22. The zero-order chi connectivity index (χ0) is 12.7. The summed E-state index contributed by atoms with van der Waals surface area (Å²) in [5, 5.41) is 10.6. The van der Waals surface area contributed by atoms with Crippen molar-refractivity contribution in [3.63, 3.8) is 0 Å². The molecule has 4 atom stereocenters. The molecule has 1 saturated heterocycles. The highest BCUT2D eigenvalue weighted by Crippen LogP contribution is 2.38. The number of hydrogen-bond donors (Lipinski definition) is 1. The Hall–Kier alpha value is -0.860. The average molecular weight is 245 g/mol. The van der Waals surface area contributed by atoms with Crippen LogP contribution in [-0.4, -0.2) is 28.1 Å². The number of aliphatic hydroxyl groups excluding tert-OH is 1. The molecule has 1 heterocycles. The van der Waals surface area contributed by atoms with Gasteiger partial charge in [-0.15, -0.1) is 0 Å². The quantitative estimate of drug-likeness (QED) is 0.822. The first kappa shape index (κ1) is 12.2. The van der Waals surface area contributed by atoms with E-state index in [9.17, 15) is 5.11 Å². The molecule has 3 rings (SSSR count). The van der Waals surface area contributed by atoms with Crippen molar-refractivity contribution >= 4 is 0 Å². The maximum absolute atomic E-state index is 10.6. The van der Waals surface area contributed by atoms with Crippen LogP contribution in [0.25, 0.3) is 0 Å². The summed E-state index contributed by atoms with van der Waals surface area (Å²) in [4.78, 5) is 2.56. The van der Waals surface area contributed by atoms with Crippen LogP contribution in [0, 0.1) is 0 Å². The van der Waals surface area contributed by atoms with Crippen LogP contribution in [0.1, 0.15) is 50.3 Å². The van der Waals surface area contributed by atoms with Crippen molar-refractivity contribution in [2.45, 2.75) is 63.8 Å². The molecule has 0 amide bonds. The van der Waals surface area contributed by atoms with Gasteiger partial charge in [0.2, 0.25) is 0 Å². The van der Waals surface area contributed by atoms with E-state index in [1.54, 1.807) is 0 Å². The molecule has 0 radical (unpaired) electrons. The third-order valence-electron chi connectivity index (χ3n) is 4.81. The van der Waals surface area contributed by atoms with Gasteiger partial charge in [0, 0.05) is 18.1 Å². The molecule has 98 valence electrons. The van der Waals surface area contributed by atoms with Gasteiger partial charge in [0.05, 0.1) is 6.10 Å². The molecule has 18 heavy (non-hydrogen) atoms. The number of nitrogens with zero attached hydrogens (tertiary/aromatic N) is 1. The summed E-state index contributed by atoms with van der Waals surface area (Å²) in [6.07, 6.45) is 4.57. The number of rotatable bonds is 1. The van der Waals surface area contributed by atoms with E-state index in [0.717, 1.165) is 12.0 Å². The first-order chi connectivity index (χ1) is 8.68. The third kappa shape index (κ3) is 1.88. The van der Waals surface area contributed by atoms with E-state index < -0.39 is 0 Å². The van der Waals surface area contributed by atoms with Crippen LogP contribution in [0.3, 0.4) is 0 Å². The lowest BCUT2D eigenvalue weighted by Crippen LogP contribution is -2.51. The number of piperidine rings is 1. The van der Waals surface area contributed by atoms with E-state index in [1.165, 1.54) is 24.8 Å². The molecular weight excluding hydrogens is 222 g/mol. The summed E-state index contributed by atoms with van der Waals surface area (Å²) in [6.45, 7) is 4.62. The van der Waals surface area contributed by atoms with Crippen molar-refractivity contribution < 1.29 is 5.11 Å². The van der Waals surface area contributed by atoms with Crippen molar-refractivity contribution in [2.24, 2.45) is 0 Å². The Labute approximate surface area is 110 Å². The molecule has 0 saturated carbocycles. The maximum atomic E-state index is 10.6. The number of hydrogen-bond acceptors (Lipinski definition) is 2. The minimum absolute atomic E-state index is 0.285. The van der Waals surface area contributed by atoms with E-state index in [4.69, 9.17) is 0 Å². The standard InChI is InChI=1S/C16H23NO/c1-11-6-5-7-12(2)17(11)15-10-13-8-3-4-9-14(13)16(15)18/h3-4,8-9,11-12,15-16,18H,5-7,10H2,1-2H3/t11?,12?,15-,16+/m1/s1. The van der Waals surface area contributed by atoms with Crippen molar-refractivity contribution in [3.8, 4) is 0 Å². The predicted molar refractivity (Wildman–Crippen MR) is 73.5 cm³/mol. The number of aliphatic hydroxyl groups is 1. The van der Waals surface area contributed by atoms with Crippen LogP contribution >= 0.6 is 0 Å². The number of benzene rings is 1. The van der Waals surface area contributed by atoms with Crippen LogP contribution in [0.15, 0.2) is 24.3 Å². The molecule has 1 aliphatic heterocycles. The van der Waals surface area contributed by atoms with Crippen LogP contribution in [-0.2, 0) is 6.42 Å². The van der Waals surface area contributed by atoms with Crippen LogP contribution < -0.4 is 0 Å². The van der Waals surface area contributed by atoms with Gasteiger partial charge >= 0.3 is 0 Å². The number of fused-ring (bicyclic) bond motifs is 1. The highest BCUT2D eigenvalue weighted by molar-refractivity contribution is 5.36. The van der Waals surface area contributed by atoms with Crippen LogP contribution in [0.2, 0.25) is 0 Å². The Morgan fingerprint density at radius 2 is 1.78 bits per heavy atom. The molecule has 1 aromatic carbocycles. The second kappa shape index (κ2) is 4.67. The van der Waals surface area contributed by atoms with Gasteiger partial charge in [0.25, 0.3) is 0 Å². The Morgan fingerprint density at radius 3 is 2.44 bits per heavy atom. The summed E-state index contributed by atoms with van der Waals surface area (Å²) in [5.41, 5.74) is 2.48. The Balaban J connectivity index is 1.86. The highest BCUT2D eigenvalue weighted by Gasteiger charge is 2.39. The van der Waals surface area contributed by atoms with Gasteiger partial charge in [-0.1, -0.05) is 30.7 Å². The lowest BCUT2D eigenvalue weighted by Gasteiger charge is -2.44. The van der Waals surface area contributed by atoms with Gasteiger partial charge in [0.1, 0.15) is 0 Å². The minimum Gasteiger partial charge on any atom is -0.387 e. The zero-order valence-corrected chi connectivity index (χ0v) is 11.3. The van der Waals surface area contributed by atoms with E-state index in [2.05, 4.69) is 36.9 Å². The lowest BCUT2D eigenvalue weighted by atomic mass is 9.93. The molecule has 1 N–H and O–H groups in total. The largest absolute Gasteiger partial charge is 0.387 e. The van der Waals surface area contributed by atoms with Gasteiger partial charge in [0.15, 0.2) is 0 Å². The van der Waals surface area contributed by atoms with Crippen molar-refractivity contribution in [1.29, 1.82) is 0 Å². The average Bonchev–Trinajstić information content (AvgIpc) is 2.68. The predicted octanol–water partition coefficient (Wildman–Crippen LogP) is 2.91. The molecule has 0 aromatic heterocycles. The Bertz CT molecular complexity index is 421.